The number of anilines is 2. The molecule has 3 aromatic rings. The second-order valence-electron chi connectivity index (χ2n) is 8.42. The summed E-state index contributed by atoms with van der Waals surface area (Å²) in [7, 11) is -4.01. The first kappa shape index (κ1) is 28.5. The Labute approximate surface area is 238 Å². The highest BCUT2D eigenvalue weighted by molar-refractivity contribution is 7.61. The van der Waals surface area contributed by atoms with Crippen LogP contribution in [0.5, 0.6) is 23.5 Å². The third kappa shape index (κ3) is 5.86. The zero-order chi connectivity index (χ0) is 29.9. The largest absolute Gasteiger partial charge is 0.424 e. The van der Waals surface area contributed by atoms with Crippen molar-refractivity contribution >= 4 is 48.2 Å². The van der Waals surface area contributed by atoms with Crippen molar-refractivity contribution in [3.63, 3.8) is 0 Å². The van der Waals surface area contributed by atoms with Crippen LogP contribution in [0.25, 0.3) is 0 Å². The van der Waals surface area contributed by atoms with E-state index in [1.54, 1.807) is 13.8 Å². The first-order valence-electron chi connectivity index (χ1n) is 12.5. The van der Waals surface area contributed by atoms with E-state index < -0.39 is 31.2 Å². The van der Waals surface area contributed by atoms with Gasteiger partial charge in [-0.3, -0.25) is 23.7 Å². The molecule has 0 spiro atoms. The summed E-state index contributed by atoms with van der Waals surface area (Å²) in [5, 5.41) is 0. The van der Waals surface area contributed by atoms with Crippen molar-refractivity contribution in [3.05, 3.63) is 72.8 Å². The molecule has 0 atom stereocenters. The minimum absolute atomic E-state index is 0.0316. The molecule has 1 aromatic heterocycles. The molecular weight excluding hydrogens is 569 g/mol. The molecule has 2 aromatic carbocycles. The van der Waals surface area contributed by atoms with E-state index in [1.165, 1.54) is 72.8 Å². The van der Waals surface area contributed by atoms with Crippen molar-refractivity contribution in [2.45, 2.75) is 13.8 Å². The number of hydrogen-bond acceptors (Lipinski definition) is 12. The number of carbonyl (C=O) groups excluding carboxylic acids is 4. The number of ether oxygens (including phenoxy) is 2. The van der Waals surface area contributed by atoms with Crippen molar-refractivity contribution in [2.75, 3.05) is 23.0 Å². The Morgan fingerprint density at radius 1 is 0.595 bits per heavy atom. The van der Waals surface area contributed by atoms with Crippen molar-refractivity contribution in [1.82, 2.24) is 15.0 Å². The lowest BCUT2D eigenvalue weighted by atomic mass is 10.3. The summed E-state index contributed by atoms with van der Waals surface area (Å²) in [5.41, 5.74) is 0.297. The maximum atomic E-state index is 13.5. The quantitative estimate of drug-likeness (QED) is 0.236. The molecule has 5 rings (SSSR count). The fraction of sp³-hybridized carbons (Fsp3) is 0.148. The zero-order valence-electron chi connectivity index (χ0n) is 22.2. The van der Waals surface area contributed by atoms with Gasteiger partial charge in [0.1, 0.15) is 11.5 Å². The Hall–Kier alpha value is -5.04. The van der Waals surface area contributed by atoms with E-state index in [9.17, 15) is 23.7 Å². The van der Waals surface area contributed by atoms with E-state index in [0.717, 1.165) is 9.80 Å². The molecule has 0 unspecified atom stereocenters. The minimum Gasteiger partial charge on any atom is -0.424 e. The maximum Gasteiger partial charge on any atom is 0.398 e. The molecule has 0 saturated heterocycles. The number of rotatable bonds is 11. The molecular formula is C27H22N5O9P. The number of imide groups is 2. The van der Waals surface area contributed by atoms with Crippen molar-refractivity contribution in [2.24, 2.45) is 0 Å². The van der Waals surface area contributed by atoms with Gasteiger partial charge < -0.3 is 18.5 Å². The third-order valence-corrected chi connectivity index (χ3v) is 7.54. The number of carbonyl (C=O) groups is 4. The van der Waals surface area contributed by atoms with Crippen molar-refractivity contribution < 1.29 is 42.3 Å². The molecule has 0 radical (unpaired) electrons. The van der Waals surface area contributed by atoms with Gasteiger partial charge in [-0.25, -0.2) is 9.80 Å². The molecule has 2 aliphatic rings. The number of amides is 4. The summed E-state index contributed by atoms with van der Waals surface area (Å²) < 4.78 is 35.7. The summed E-state index contributed by atoms with van der Waals surface area (Å²) in [4.78, 5) is 62.2. The lowest BCUT2D eigenvalue weighted by molar-refractivity contribution is -0.121. The van der Waals surface area contributed by atoms with Crippen molar-refractivity contribution in [1.29, 1.82) is 0 Å². The summed E-state index contributed by atoms with van der Waals surface area (Å²) in [6.07, 6.45) is 4.69. The van der Waals surface area contributed by atoms with Gasteiger partial charge in [0.05, 0.1) is 24.6 Å². The summed E-state index contributed by atoms with van der Waals surface area (Å²) in [6, 6.07) is 11.3. The summed E-state index contributed by atoms with van der Waals surface area (Å²) in [5.74, 6) is -1.44. The van der Waals surface area contributed by atoms with Crippen LogP contribution in [0, 0.1) is 0 Å². The lowest BCUT2D eigenvalue weighted by Crippen LogP contribution is -2.29. The van der Waals surface area contributed by atoms with Gasteiger partial charge in [-0.05, 0) is 62.4 Å². The second-order valence-corrected chi connectivity index (χ2v) is 10.3. The fourth-order valence-electron chi connectivity index (χ4n) is 3.88. The van der Waals surface area contributed by atoms with Crippen LogP contribution < -0.4 is 24.8 Å². The number of hydrogen-bond donors (Lipinski definition) is 0. The molecule has 0 fully saturated rings. The summed E-state index contributed by atoms with van der Waals surface area (Å²) in [6.45, 7) is 3.32. The predicted octanol–water partition coefficient (Wildman–Crippen LogP) is 3.21. The normalized spacial score (nSPS) is 14.8. The molecule has 42 heavy (non-hydrogen) atoms. The second kappa shape index (κ2) is 11.8. The maximum absolute atomic E-state index is 13.5. The van der Waals surface area contributed by atoms with Crippen LogP contribution in [0.3, 0.4) is 0 Å². The molecule has 15 heteroatoms. The SMILES string of the molecule is CCOP(=O)(OCC)c1nc(Oc2ccc(N3C(=O)C=CC3=O)cc2)nc(Oc2ccc(N3C(=O)C=CC3=O)cc2)n1. The highest BCUT2D eigenvalue weighted by atomic mass is 31.2. The van der Waals surface area contributed by atoms with Gasteiger partial charge in [-0.15, -0.1) is 4.98 Å². The highest BCUT2D eigenvalue weighted by Gasteiger charge is 2.33. The number of nitrogens with zero attached hydrogens (tertiary/aromatic N) is 5. The Balaban J connectivity index is 1.43. The Kier molecular flexibility index (Phi) is 8.02. The van der Waals surface area contributed by atoms with Crippen LogP contribution in [0.4, 0.5) is 11.4 Å². The molecule has 2 aliphatic heterocycles. The molecule has 0 bridgehead atoms. The zero-order valence-corrected chi connectivity index (χ0v) is 23.1. The molecule has 0 aliphatic carbocycles. The van der Waals surface area contributed by atoms with Crippen molar-refractivity contribution in [3.8, 4) is 23.5 Å². The van der Waals surface area contributed by atoms with E-state index in [2.05, 4.69) is 15.0 Å². The number of aromatic nitrogens is 3. The smallest absolute Gasteiger partial charge is 0.398 e. The van der Waals surface area contributed by atoms with Crippen LogP contribution in [0.15, 0.2) is 72.8 Å². The Morgan fingerprint density at radius 3 is 1.29 bits per heavy atom. The first-order valence-corrected chi connectivity index (χ1v) is 14.1. The molecule has 4 amide bonds. The standard InChI is InChI=1S/C27H22N5O9P/c1-3-38-42(37,39-4-2)27-29-25(40-19-9-5-17(6-10-19)31-21(33)13-14-22(31)34)28-26(30-27)41-20-11-7-18(8-12-20)32-23(35)15-16-24(32)36/h5-16H,3-4H2,1-2H3. The van der Waals surface area contributed by atoms with E-state index in [0.29, 0.717) is 11.4 Å². The van der Waals surface area contributed by atoms with Gasteiger partial charge in [-0.1, -0.05) is 0 Å². The van der Waals surface area contributed by atoms with Gasteiger partial charge in [0.2, 0.25) is 0 Å². The van der Waals surface area contributed by atoms with Crippen LogP contribution in [0.1, 0.15) is 13.8 Å². The molecule has 3 heterocycles. The molecule has 0 saturated carbocycles. The Morgan fingerprint density at radius 2 is 0.952 bits per heavy atom. The monoisotopic (exact) mass is 591 g/mol. The van der Waals surface area contributed by atoms with Crippen LogP contribution in [0.2, 0.25) is 0 Å². The van der Waals surface area contributed by atoms with E-state index in [1.807, 2.05) is 0 Å². The predicted molar refractivity (Wildman–Crippen MR) is 147 cm³/mol. The van der Waals surface area contributed by atoms with Gasteiger partial charge in [-0.2, -0.15) is 9.97 Å². The van der Waals surface area contributed by atoms with Gasteiger partial charge in [0, 0.05) is 24.3 Å². The van der Waals surface area contributed by atoms with E-state index in [4.69, 9.17) is 18.5 Å². The van der Waals surface area contributed by atoms with Crippen LogP contribution in [-0.2, 0) is 32.8 Å². The average molecular weight is 591 g/mol. The molecule has 214 valence electrons. The topological polar surface area (TPSA) is 167 Å². The molecule has 0 N–H and O–H groups in total. The van der Waals surface area contributed by atoms with Gasteiger partial charge in [0.25, 0.3) is 29.2 Å². The first-order chi connectivity index (χ1) is 20.2. The van der Waals surface area contributed by atoms with Crippen LogP contribution in [-0.4, -0.2) is 51.8 Å². The minimum atomic E-state index is -4.01. The third-order valence-electron chi connectivity index (χ3n) is 5.65. The fourth-order valence-corrected chi connectivity index (χ4v) is 5.28. The van der Waals surface area contributed by atoms with Gasteiger partial charge in [0.15, 0.2) is 0 Å². The van der Waals surface area contributed by atoms with E-state index in [-0.39, 0.29) is 42.3 Å². The lowest BCUT2D eigenvalue weighted by Gasteiger charge is -2.17. The summed E-state index contributed by atoms with van der Waals surface area (Å²) >= 11 is 0. The van der Waals surface area contributed by atoms with Crippen LogP contribution >= 0.6 is 7.60 Å². The van der Waals surface area contributed by atoms with Gasteiger partial charge >= 0.3 is 19.6 Å². The van der Waals surface area contributed by atoms with E-state index >= 15 is 0 Å². The highest BCUT2D eigenvalue weighted by Crippen LogP contribution is 2.46. The average Bonchev–Trinajstić information content (AvgIpc) is 3.49. The number of benzene rings is 2. The molecule has 14 nitrogen and oxygen atoms in total. The Bertz CT molecular complexity index is 1520.